The summed E-state index contributed by atoms with van der Waals surface area (Å²) < 4.78 is 2.39. The van der Waals surface area contributed by atoms with Crippen LogP contribution in [0.5, 0.6) is 0 Å². The molecule has 62 heavy (non-hydrogen) atoms. The van der Waals surface area contributed by atoms with Gasteiger partial charge in [0, 0.05) is 38.6 Å². The van der Waals surface area contributed by atoms with Gasteiger partial charge in [-0.2, -0.15) is 5.26 Å². The minimum atomic E-state index is -0.171. The summed E-state index contributed by atoms with van der Waals surface area (Å²) in [4.78, 5) is 15.8. The van der Waals surface area contributed by atoms with Crippen molar-refractivity contribution in [3.8, 4) is 68.2 Å². The molecule has 1 aliphatic carbocycles. The van der Waals surface area contributed by atoms with Crippen LogP contribution in [-0.4, -0.2) is 19.5 Å². The van der Waals surface area contributed by atoms with Crippen LogP contribution < -0.4 is 0 Å². The molecule has 2 aromatic heterocycles. The van der Waals surface area contributed by atoms with Crippen molar-refractivity contribution in [1.82, 2.24) is 19.5 Å². The van der Waals surface area contributed by atoms with E-state index in [1.54, 1.807) is 0 Å². The monoisotopic (exact) mass is 791 g/mol. The number of fused-ring (bicyclic) bond motifs is 8. The normalized spacial score (nSPS) is 12.8. The Morgan fingerprint density at radius 2 is 1.03 bits per heavy atom. The van der Waals surface area contributed by atoms with Crippen molar-refractivity contribution in [2.45, 2.75) is 19.3 Å². The fourth-order valence-electron chi connectivity index (χ4n) is 9.67. The lowest BCUT2D eigenvalue weighted by Gasteiger charge is -2.22. The van der Waals surface area contributed by atoms with Crippen molar-refractivity contribution in [2.75, 3.05) is 0 Å². The summed E-state index contributed by atoms with van der Waals surface area (Å²) in [5, 5.41) is 16.9. The van der Waals surface area contributed by atoms with Gasteiger partial charge in [0.15, 0.2) is 17.5 Å². The van der Waals surface area contributed by atoms with Gasteiger partial charge in [0.05, 0.1) is 22.7 Å². The van der Waals surface area contributed by atoms with Crippen molar-refractivity contribution < 1.29 is 0 Å². The first kappa shape index (κ1) is 35.7. The Morgan fingerprint density at radius 1 is 0.419 bits per heavy atom. The summed E-state index contributed by atoms with van der Waals surface area (Å²) in [5.74, 6) is 1.75. The number of aromatic nitrogens is 4. The maximum atomic E-state index is 10.00. The second kappa shape index (κ2) is 13.7. The van der Waals surface area contributed by atoms with Crippen LogP contribution in [0.1, 0.15) is 30.5 Å². The maximum Gasteiger partial charge on any atom is 0.164 e. The lowest BCUT2D eigenvalue weighted by Crippen LogP contribution is -2.15. The Hall–Kier alpha value is -8.20. The highest BCUT2D eigenvalue weighted by atomic mass is 15.0. The standard InChI is InChI=1S/C57H37N5/c1-57(2)50-20-9-7-18-46(50)48-32-49-47-19-8-10-21-52(47)62(53(49)33-51(48)57)45-30-43(38-17-11-12-35(26-38)34-58)29-44(31-45)56-60-54(41-24-22-36-13-3-5-15-39(36)27-41)59-55(61-56)42-25-23-37-14-4-6-16-40(37)28-42/h3-33H,1-2H3. The molecule has 0 aliphatic heterocycles. The zero-order valence-corrected chi connectivity index (χ0v) is 34.1. The van der Waals surface area contributed by atoms with Crippen LogP contribution in [0.25, 0.3) is 105 Å². The number of nitrogens with zero attached hydrogens (tertiary/aromatic N) is 5. The van der Waals surface area contributed by atoms with E-state index in [9.17, 15) is 5.26 Å². The first-order valence-corrected chi connectivity index (χ1v) is 21.0. The average Bonchev–Trinajstić information content (AvgIpc) is 3.77. The van der Waals surface area contributed by atoms with Crippen molar-refractivity contribution in [2.24, 2.45) is 0 Å². The number of benzene rings is 9. The van der Waals surface area contributed by atoms with Crippen LogP contribution in [0.4, 0.5) is 0 Å². The maximum absolute atomic E-state index is 10.00. The van der Waals surface area contributed by atoms with Gasteiger partial charge in [0.1, 0.15) is 0 Å². The van der Waals surface area contributed by atoms with Crippen molar-refractivity contribution in [1.29, 1.82) is 5.26 Å². The smallest absolute Gasteiger partial charge is 0.164 e. The van der Waals surface area contributed by atoms with Gasteiger partial charge in [0.25, 0.3) is 0 Å². The average molecular weight is 792 g/mol. The number of rotatable bonds is 5. The Morgan fingerprint density at radius 3 is 1.74 bits per heavy atom. The van der Waals surface area contributed by atoms with Crippen molar-refractivity contribution in [3.05, 3.63) is 205 Å². The molecule has 0 amide bonds. The van der Waals surface area contributed by atoms with Crippen molar-refractivity contribution >= 4 is 43.4 Å². The van der Waals surface area contributed by atoms with Crippen molar-refractivity contribution in [3.63, 3.8) is 0 Å². The Balaban J connectivity index is 1.13. The van der Waals surface area contributed by atoms with E-state index < -0.39 is 0 Å². The van der Waals surface area contributed by atoms with E-state index in [1.807, 2.05) is 18.2 Å². The zero-order chi connectivity index (χ0) is 41.5. The third kappa shape index (κ3) is 5.65. The molecule has 0 spiro atoms. The lowest BCUT2D eigenvalue weighted by atomic mass is 9.82. The van der Waals surface area contributed by atoms with Gasteiger partial charge in [-0.25, -0.2) is 15.0 Å². The quantitative estimate of drug-likeness (QED) is 0.174. The zero-order valence-electron chi connectivity index (χ0n) is 34.1. The second-order valence-corrected chi connectivity index (χ2v) is 16.8. The van der Waals surface area contributed by atoms with E-state index >= 15 is 0 Å². The molecular formula is C57H37N5. The number of nitriles is 1. The molecule has 0 radical (unpaired) electrons. The molecule has 0 atom stereocenters. The highest BCUT2D eigenvalue weighted by molar-refractivity contribution is 6.12. The molecule has 5 heteroatoms. The third-order valence-electron chi connectivity index (χ3n) is 12.8. The van der Waals surface area contributed by atoms with E-state index in [1.165, 1.54) is 33.0 Å². The molecule has 0 saturated heterocycles. The summed E-state index contributed by atoms with van der Waals surface area (Å²) in [6.45, 7) is 4.66. The Kier molecular flexibility index (Phi) is 7.88. The molecule has 0 fully saturated rings. The molecule has 290 valence electrons. The summed E-state index contributed by atoms with van der Waals surface area (Å²) in [6, 6.07) is 68.5. The van der Waals surface area contributed by atoms with E-state index in [-0.39, 0.29) is 5.41 Å². The van der Waals surface area contributed by atoms with Crippen LogP contribution in [0, 0.1) is 11.3 Å². The SMILES string of the molecule is CC1(C)c2ccccc2-c2cc3c4ccccc4n(-c4cc(-c5cccc(C#N)c5)cc(-c5nc(-c6ccc7ccccc7c6)nc(-c6ccc7ccccc7c6)n5)c4)c3cc21. The highest BCUT2D eigenvalue weighted by Crippen LogP contribution is 2.51. The van der Waals surface area contributed by atoms with Gasteiger partial charge in [-0.05, 0) is 116 Å². The van der Waals surface area contributed by atoms with E-state index in [0.29, 0.717) is 23.0 Å². The minimum Gasteiger partial charge on any atom is -0.309 e. The second-order valence-electron chi connectivity index (χ2n) is 16.8. The first-order chi connectivity index (χ1) is 30.4. The predicted molar refractivity (Wildman–Crippen MR) is 253 cm³/mol. The Labute approximate surface area is 358 Å². The molecule has 12 rings (SSSR count). The van der Waals surface area contributed by atoms with Crippen LogP contribution in [0.15, 0.2) is 188 Å². The summed E-state index contributed by atoms with van der Waals surface area (Å²) in [5.41, 5.74) is 13.4. The van der Waals surface area contributed by atoms with E-state index in [4.69, 9.17) is 15.0 Å². The highest BCUT2D eigenvalue weighted by Gasteiger charge is 2.36. The minimum absolute atomic E-state index is 0.171. The van der Waals surface area contributed by atoms with Crippen LogP contribution >= 0.6 is 0 Å². The molecule has 0 bridgehead atoms. The van der Waals surface area contributed by atoms with Gasteiger partial charge in [-0.15, -0.1) is 0 Å². The van der Waals surface area contributed by atoms with E-state index in [0.717, 1.165) is 66.1 Å². The molecule has 1 aliphatic rings. The molecule has 9 aromatic carbocycles. The first-order valence-electron chi connectivity index (χ1n) is 21.0. The van der Waals surface area contributed by atoms with Gasteiger partial charge in [-0.3, -0.25) is 0 Å². The molecule has 2 heterocycles. The van der Waals surface area contributed by atoms with Gasteiger partial charge in [-0.1, -0.05) is 141 Å². The summed E-state index contributed by atoms with van der Waals surface area (Å²) in [7, 11) is 0. The fraction of sp³-hybridized carbons (Fsp3) is 0.0526. The topological polar surface area (TPSA) is 67.4 Å². The predicted octanol–water partition coefficient (Wildman–Crippen LogP) is 14.1. The van der Waals surface area contributed by atoms with Crippen LogP contribution in [0.3, 0.4) is 0 Å². The largest absolute Gasteiger partial charge is 0.309 e. The number of hydrogen-bond acceptors (Lipinski definition) is 4. The number of hydrogen-bond donors (Lipinski definition) is 0. The molecule has 0 unspecified atom stereocenters. The number of para-hydroxylation sites is 1. The molecule has 0 saturated carbocycles. The van der Waals surface area contributed by atoms with Gasteiger partial charge >= 0.3 is 0 Å². The molecule has 11 aromatic rings. The van der Waals surface area contributed by atoms with Crippen LogP contribution in [-0.2, 0) is 5.41 Å². The molecule has 5 nitrogen and oxygen atoms in total. The Bertz CT molecular complexity index is 3600. The third-order valence-corrected chi connectivity index (χ3v) is 12.8. The van der Waals surface area contributed by atoms with Crippen LogP contribution in [0.2, 0.25) is 0 Å². The fourth-order valence-corrected chi connectivity index (χ4v) is 9.67. The molecular weight excluding hydrogens is 755 g/mol. The molecule has 0 N–H and O–H groups in total. The summed E-state index contributed by atoms with van der Waals surface area (Å²) >= 11 is 0. The van der Waals surface area contributed by atoms with E-state index in [2.05, 4.69) is 194 Å². The van der Waals surface area contributed by atoms with Gasteiger partial charge < -0.3 is 4.57 Å². The lowest BCUT2D eigenvalue weighted by molar-refractivity contribution is 0.661. The van der Waals surface area contributed by atoms with Gasteiger partial charge in [0.2, 0.25) is 0 Å². The summed E-state index contributed by atoms with van der Waals surface area (Å²) in [6.07, 6.45) is 0.